The zero-order valence-corrected chi connectivity index (χ0v) is 14.8. The van der Waals surface area contributed by atoms with Crippen LogP contribution < -0.4 is 10.3 Å². The highest BCUT2D eigenvalue weighted by Crippen LogP contribution is 2.21. The maximum atomic E-state index is 12.4. The van der Waals surface area contributed by atoms with E-state index in [0.717, 1.165) is 48.4 Å². The Kier molecular flexibility index (Phi) is 5.21. The van der Waals surface area contributed by atoms with Gasteiger partial charge in [-0.05, 0) is 43.8 Å². The van der Waals surface area contributed by atoms with Crippen LogP contribution in [0.5, 0.6) is 5.75 Å². The van der Waals surface area contributed by atoms with Gasteiger partial charge in [-0.25, -0.2) is 0 Å². The third-order valence-corrected chi connectivity index (χ3v) is 5.10. The Hall–Kier alpha value is -1.85. The molecule has 1 atom stereocenters. The summed E-state index contributed by atoms with van der Waals surface area (Å²) in [6, 6.07) is 8.34. The van der Waals surface area contributed by atoms with Gasteiger partial charge < -0.3 is 9.72 Å². The molecule has 1 fully saturated rings. The standard InChI is InChI=1S/C19H27N3O2/c1-4-22(5-2)16-8-9-21(13-16)12-15-10-14-11-17(24-3)6-7-18(14)20-19(15)23/h6-7,10-11,16H,4-5,8-9,12-13H2,1-3H3,(H,20,23)/t16-/m1/s1. The van der Waals surface area contributed by atoms with Crippen LogP contribution in [0.4, 0.5) is 0 Å². The molecule has 0 aliphatic carbocycles. The van der Waals surface area contributed by atoms with Gasteiger partial charge in [-0.1, -0.05) is 13.8 Å². The fourth-order valence-electron chi connectivity index (χ4n) is 3.71. The summed E-state index contributed by atoms with van der Waals surface area (Å²) in [6.07, 6.45) is 1.18. The van der Waals surface area contributed by atoms with Crippen LogP contribution in [0, 0.1) is 0 Å². The maximum Gasteiger partial charge on any atom is 0.252 e. The number of nitrogens with zero attached hydrogens (tertiary/aromatic N) is 2. The van der Waals surface area contributed by atoms with Crippen LogP contribution >= 0.6 is 0 Å². The molecule has 5 nitrogen and oxygen atoms in total. The molecule has 0 spiro atoms. The largest absolute Gasteiger partial charge is 0.497 e. The zero-order chi connectivity index (χ0) is 17.1. The lowest BCUT2D eigenvalue weighted by Gasteiger charge is -2.26. The Morgan fingerprint density at radius 1 is 1.29 bits per heavy atom. The summed E-state index contributed by atoms with van der Waals surface area (Å²) >= 11 is 0. The van der Waals surface area contributed by atoms with Gasteiger partial charge in [-0.2, -0.15) is 0 Å². The van der Waals surface area contributed by atoms with Crippen molar-refractivity contribution in [2.45, 2.75) is 32.9 Å². The molecule has 2 aromatic rings. The first-order valence-electron chi connectivity index (χ1n) is 8.81. The number of aromatic nitrogens is 1. The molecule has 5 heteroatoms. The number of aromatic amines is 1. The van der Waals surface area contributed by atoms with E-state index in [0.29, 0.717) is 12.6 Å². The second kappa shape index (κ2) is 7.36. The minimum atomic E-state index is 0.0129. The summed E-state index contributed by atoms with van der Waals surface area (Å²) in [5.74, 6) is 0.809. The molecular weight excluding hydrogens is 302 g/mol. The van der Waals surface area contributed by atoms with Gasteiger partial charge in [0.1, 0.15) is 5.75 Å². The smallest absolute Gasteiger partial charge is 0.252 e. The molecule has 1 N–H and O–H groups in total. The summed E-state index contributed by atoms with van der Waals surface area (Å²) < 4.78 is 5.28. The third kappa shape index (κ3) is 3.47. The summed E-state index contributed by atoms with van der Waals surface area (Å²) in [6.45, 7) is 9.41. The van der Waals surface area contributed by atoms with E-state index in [-0.39, 0.29) is 5.56 Å². The van der Waals surface area contributed by atoms with E-state index in [1.165, 1.54) is 6.42 Å². The topological polar surface area (TPSA) is 48.6 Å². The van der Waals surface area contributed by atoms with Gasteiger partial charge in [0.05, 0.1) is 7.11 Å². The highest BCUT2D eigenvalue weighted by atomic mass is 16.5. The molecule has 1 aromatic heterocycles. The molecule has 1 aliphatic rings. The lowest BCUT2D eigenvalue weighted by atomic mass is 10.1. The molecule has 1 aromatic carbocycles. The van der Waals surface area contributed by atoms with Crippen molar-refractivity contribution >= 4 is 10.9 Å². The second-order valence-corrected chi connectivity index (χ2v) is 6.48. The maximum absolute atomic E-state index is 12.4. The van der Waals surface area contributed by atoms with Crippen molar-refractivity contribution in [2.75, 3.05) is 33.3 Å². The molecule has 24 heavy (non-hydrogen) atoms. The van der Waals surface area contributed by atoms with Crippen LogP contribution in [0.1, 0.15) is 25.8 Å². The highest BCUT2D eigenvalue weighted by molar-refractivity contribution is 5.80. The fraction of sp³-hybridized carbons (Fsp3) is 0.526. The Morgan fingerprint density at radius 2 is 2.08 bits per heavy atom. The van der Waals surface area contributed by atoms with Gasteiger partial charge in [-0.15, -0.1) is 0 Å². The predicted octanol–water partition coefficient (Wildman–Crippen LogP) is 2.45. The number of hydrogen-bond donors (Lipinski definition) is 1. The van der Waals surface area contributed by atoms with E-state index in [1.54, 1.807) is 7.11 Å². The number of likely N-dealkylation sites (tertiary alicyclic amines) is 1. The zero-order valence-electron chi connectivity index (χ0n) is 14.8. The first-order valence-corrected chi connectivity index (χ1v) is 8.81. The van der Waals surface area contributed by atoms with Gasteiger partial charge >= 0.3 is 0 Å². The molecule has 130 valence electrons. The normalized spacial score (nSPS) is 18.6. The van der Waals surface area contributed by atoms with Crippen molar-refractivity contribution in [2.24, 2.45) is 0 Å². The van der Waals surface area contributed by atoms with Gasteiger partial charge in [-0.3, -0.25) is 14.6 Å². The van der Waals surface area contributed by atoms with E-state index in [1.807, 2.05) is 24.3 Å². The summed E-state index contributed by atoms with van der Waals surface area (Å²) in [7, 11) is 1.66. The van der Waals surface area contributed by atoms with Crippen molar-refractivity contribution in [3.63, 3.8) is 0 Å². The number of benzene rings is 1. The summed E-state index contributed by atoms with van der Waals surface area (Å²) in [4.78, 5) is 20.3. The fourth-order valence-corrected chi connectivity index (χ4v) is 3.71. The highest BCUT2D eigenvalue weighted by Gasteiger charge is 2.26. The van der Waals surface area contributed by atoms with Crippen molar-refractivity contribution in [3.8, 4) is 5.75 Å². The van der Waals surface area contributed by atoms with E-state index < -0.39 is 0 Å². The summed E-state index contributed by atoms with van der Waals surface area (Å²) in [5, 5.41) is 1.02. The quantitative estimate of drug-likeness (QED) is 0.884. The predicted molar refractivity (Wildman–Crippen MR) is 97.7 cm³/mol. The Morgan fingerprint density at radius 3 is 2.79 bits per heavy atom. The number of ether oxygens (including phenoxy) is 1. The van der Waals surface area contributed by atoms with E-state index >= 15 is 0 Å². The molecule has 3 rings (SSSR count). The Bertz CT molecular complexity index is 752. The average Bonchev–Trinajstić information content (AvgIpc) is 3.04. The lowest BCUT2D eigenvalue weighted by molar-refractivity contribution is 0.209. The average molecular weight is 329 g/mol. The number of likely N-dealkylation sites (N-methyl/N-ethyl adjacent to an activating group) is 1. The lowest BCUT2D eigenvalue weighted by Crippen LogP contribution is -2.37. The first kappa shape index (κ1) is 17.0. The number of nitrogens with one attached hydrogen (secondary N) is 1. The molecule has 0 amide bonds. The van der Waals surface area contributed by atoms with Crippen LogP contribution in [-0.4, -0.2) is 54.1 Å². The van der Waals surface area contributed by atoms with Crippen molar-refractivity contribution in [1.82, 2.24) is 14.8 Å². The SMILES string of the molecule is CCN(CC)[C@@H]1CCN(Cc2cc3cc(OC)ccc3[nH]c2=O)C1. The van der Waals surface area contributed by atoms with E-state index in [9.17, 15) is 4.79 Å². The number of rotatable bonds is 6. The number of H-pyrrole nitrogens is 1. The van der Waals surface area contributed by atoms with Crippen LogP contribution in [0.3, 0.4) is 0 Å². The van der Waals surface area contributed by atoms with Gasteiger partial charge in [0, 0.05) is 42.1 Å². The molecule has 2 heterocycles. The Labute approximate surface area is 143 Å². The van der Waals surface area contributed by atoms with Crippen molar-refractivity contribution < 1.29 is 4.74 Å². The molecule has 0 unspecified atom stereocenters. The Balaban J connectivity index is 1.78. The number of fused-ring (bicyclic) bond motifs is 1. The van der Waals surface area contributed by atoms with Crippen molar-refractivity contribution in [1.29, 1.82) is 0 Å². The van der Waals surface area contributed by atoms with Gasteiger partial charge in [0.25, 0.3) is 5.56 Å². The molecular formula is C19H27N3O2. The number of methoxy groups -OCH3 is 1. The minimum Gasteiger partial charge on any atom is -0.497 e. The number of pyridine rings is 1. The van der Waals surface area contributed by atoms with E-state index in [4.69, 9.17) is 4.74 Å². The van der Waals surface area contributed by atoms with Crippen LogP contribution in [0.2, 0.25) is 0 Å². The summed E-state index contributed by atoms with van der Waals surface area (Å²) in [5.41, 5.74) is 1.70. The van der Waals surface area contributed by atoms with E-state index in [2.05, 4.69) is 28.6 Å². The van der Waals surface area contributed by atoms with Crippen LogP contribution in [-0.2, 0) is 6.54 Å². The molecule has 0 bridgehead atoms. The number of hydrogen-bond acceptors (Lipinski definition) is 4. The molecule has 1 saturated heterocycles. The first-order chi connectivity index (χ1) is 11.6. The van der Waals surface area contributed by atoms with Gasteiger partial charge in [0.15, 0.2) is 0 Å². The molecule has 0 saturated carbocycles. The molecule has 0 radical (unpaired) electrons. The molecule has 1 aliphatic heterocycles. The van der Waals surface area contributed by atoms with Gasteiger partial charge in [0.2, 0.25) is 0 Å². The van der Waals surface area contributed by atoms with Crippen LogP contribution in [0.15, 0.2) is 29.1 Å². The monoisotopic (exact) mass is 329 g/mol. The second-order valence-electron chi connectivity index (χ2n) is 6.48. The van der Waals surface area contributed by atoms with Crippen molar-refractivity contribution in [3.05, 3.63) is 40.2 Å². The third-order valence-electron chi connectivity index (χ3n) is 5.10. The minimum absolute atomic E-state index is 0.0129. The van der Waals surface area contributed by atoms with Crippen LogP contribution in [0.25, 0.3) is 10.9 Å².